The van der Waals surface area contributed by atoms with Gasteiger partial charge in [0.25, 0.3) is 0 Å². The fraction of sp³-hybridized carbons (Fsp3) is 0.591. The zero-order valence-electron chi connectivity index (χ0n) is 16.4. The van der Waals surface area contributed by atoms with E-state index in [0.717, 1.165) is 30.2 Å². The maximum absolute atomic E-state index is 13.4. The van der Waals surface area contributed by atoms with Gasteiger partial charge in [-0.1, -0.05) is 13.3 Å². The van der Waals surface area contributed by atoms with E-state index < -0.39 is 0 Å². The molecule has 1 aromatic carbocycles. The summed E-state index contributed by atoms with van der Waals surface area (Å²) in [6.07, 6.45) is 6.00. The second-order valence-electron chi connectivity index (χ2n) is 8.61. The third-order valence-corrected chi connectivity index (χ3v) is 7.66. The SMILES string of the molecule is CC[C@@]12CCC[C@H]3[C@H](N)Cc4c(n(c5cc(OC)c(OC)cc45)C(=O)C1)[C@H]32. The van der Waals surface area contributed by atoms with Crippen LogP contribution in [0, 0.1) is 11.3 Å². The minimum atomic E-state index is 0.0747. The smallest absolute Gasteiger partial charge is 0.231 e. The molecule has 2 aliphatic carbocycles. The van der Waals surface area contributed by atoms with E-state index in [1.807, 2.05) is 16.7 Å². The van der Waals surface area contributed by atoms with Crippen LogP contribution in [0.2, 0.25) is 0 Å². The van der Waals surface area contributed by atoms with Crippen molar-refractivity contribution in [1.29, 1.82) is 0 Å². The van der Waals surface area contributed by atoms with Crippen LogP contribution in [0.15, 0.2) is 12.1 Å². The Balaban J connectivity index is 1.86. The Bertz CT molecular complexity index is 947. The van der Waals surface area contributed by atoms with Crippen LogP contribution in [-0.2, 0) is 6.42 Å². The Hall–Kier alpha value is -2.01. The van der Waals surface area contributed by atoms with Gasteiger partial charge in [-0.15, -0.1) is 0 Å². The monoisotopic (exact) mass is 368 g/mol. The highest BCUT2D eigenvalue weighted by atomic mass is 16.5. The lowest BCUT2D eigenvalue weighted by Gasteiger charge is -2.54. The van der Waals surface area contributed by atoms with Crippen LogP contribution in [0.3, 0.4) is 0 Å². The number of hydrogen-bond acceptors (Lipinski definition) is 4. The van der Waals surface area contributed by atoms with Gasteiger partial charge in [-0.2, -0.15) is 0 Å². The highest BCUT2D eigenvalue weighted by Crippen LogP contribution is 2.61. The van der Waals surface area contributed by atoms with Gasteiger partial charge in [-0.25, -0.2) is 0 Å². The molecular formula is C22H28N2O3. The van der Waals surface area contributed by atoms with Gasteiger partial charge in [0.15, 0.2) is 11.5 Å². The van der Waals surface area contributed by atoms with Crippen molar-refractivity contribution >= 4 is 16.8 Å². The van der Waals surface area contributed by atoms with Crippen LogP contribution in [0.25, 0.3) is 10.9 Å². The summed E-state index contributed by atoms with van der Waals surface area (Å²) in [5.41, 5.74) is 10.2. The summed E-state index contributed by atoms with van der Waals surface area (Å²) in [7, 11) is 3.29. The van der Waals surface area contributed by atoms with Crippen LogP contribution in [-0.4, -0.2) is 30.7 Å². The van der Waals surface area contributed by atoms with Crippen molar-refractivity contribution in [3.63, 3.8) is 0 Å². The first kappa shape index (κ1) is 17.1. The third kappa shape index (κ3) is 2.06. The van der Waals surface area contributed by atoms with Gasteiger partial charge in [0.05, 0.1) is 19.7 Å². The molecular weight excluding hydrogens is 340 g/mol. The number of ether oxygens (including phenoxy) is 2. The molecule has 2 aromatic rings. The summed E-state index contributed by atoms with van der Waals surface area (Å²) < 4.78 is 13.1. The molecule has 2 heterocycles. The van der Waals surface area contributed by atoms with E-state index in [1.165, 1.54) is 24.1 Å². The molecule has 2 N–H and O–H groups in total. The quantitative estimate of drug-likeness (QED) is 0.893. The maximum Gasteiger partial charge on any atom is 0.231 e. The Morgan fingerprint density at radius 1 is 1.26 bits per heavy atom. The molecule has 1 aromatic heterocycles. The van der Waals surface area contributed by atoms with Crippen molar-refractivity contribution in [2.75, 3.05) is 14.2 Å². The third-order valence-electron chi connectivity index (χ3n) is 7.66. The first-order valence-corrected chi connectivity index (χ1v) is 10.1. The summed E-state index contributed by atoms with van der Waals surface area (Å²) >= 11 is 0. The number of nitrogens with zero attached hydrogens (tertiary/aromatic N) is 1. The van der Waals surface area contributed by atoms with Crippen LogP contribution >= 0.6 is 0 Å². The van der Waals surface area contributed by atoms with Gasteiger partial charge >= 0.3 is 0 Å². The minimum absolute atomic E-state index is 0.0747. The van der Waals surface area contributed by atoms with Crippen molar-refractivity contribution in [3.05, 3.63) is 23.4 Å². The Morgan fingerprint density at radius 2 is 2.00 bits per heavy atom. The predicted octanol–water partition coefficient (Wildman–Crippen LogP) is 3.87. The average molecular weight is 368 g/mol. The summed E-state index contributed by atoms with van der Waals surface area (Å²) in [4.78, 5) is 13.4. The van der Waals surface area contributed by atoms with E-state index in [1.54, 1.807) is 14.2 Å². The van der Waals surface area contributed by atoms with Gasteiger partial charge < -0.3 is 15.2 Å². The Labute approximate surface area is 159 Å². The summed E-state index contributed by atoms with van der Waals surface area (Å²) in [5, 5.41) is 1.10. The highest BCUT2D eigenvalue weighted by molar-refractivity contribution is 5.99. The first-order valence-electron chi connectivity index (χ1n) is 10.1. The molecule has 0 saturated heterocycles. The van der Waals surface area contributed by atoms with Crippen molar-refractivity contribution in [1.82, 2.24) is 4.57 Å². The molecule has 0 unspecified atom stereocenters. The molecule has 3 aliphatic rings. The van der Waals surface area contributed by atoms with E-state index in [-0.39, 0.29) is 17.4 Å². The molecule has 5 heteroatoms. The Morgan fingerprint density at radius 3 is 2.70 bits per heavy atom. The molecule has 1 saturated carbocycles. The molecule has 27 heavy (non-hydrogen) atoms. The van der Waals surface area contributed by atoms with Crippen molar-refractivity contribution in [2.45, 2.75) is 57.4 Å². The molecule has 0 amide bonds. The number of rotatable bonds is 3. The molecule has 0 spiro atoms. The Kier molecular flexibility index (Phi) is 3.64. The summed E-state index contributed by atoms with van der Waals surface area (Å²) in [6.45, 7) is 2.25. The van der Waals surface area contributed by atoms with E-state index in [0.29, 0.717) is 29.8 Å². The topological polar surface area (TPSA) is 66.5 Å². The van der Waals surface area contributed by atoms with Crippen LogP contribution < -0.4 is 15.2 Å². The van der Waals surface area contributed by atoms with Crippen LogP contribution in [0.1, 0.15) is 61.0 Å². The zero-order chi connectivity index (χ0) is 18.9. The lowest BCUT2D eigenvalue weighted by molar-refractivity contribution is 0.0328. The first-order chi connectivity index (χ1) is 13.0. The van der Waals surface area contributed by atoms with E-state index in [4.69, 9.17) is 15.2 Å². The number of hydrogen-bond donors (Lipinski definition) is 1. The fourth-order valence-corrected chi connectivity index (χ4v) is 6.42. The number of carbonyl (C=O) groups is 1. The van der Waals surface area contributed by atoms with Crippen molar-refractivity contribution < 1.29 is 14.3 Å². The molecule has 5 rings (SSSR count). The van der Waals surface area contributed by atoms with Crippen LogP contribution in [0.4, 0.5) is 0 Å². The van der Waals surface area contributed by atoms with Crippen molar-refractivity contribution in [3.8, 4) is 11.5 Å². The largest absolute Gasteiger partial charge is 0.493 e. The molecule has 1 aliphatic heterocycles. The predicted molar refractivity (Wildman–Crippen MR) is 105 cm³/mol. The highest BCUT2D eigenvalue weighted by Gasteiger charge is 2.55. The standard InChI is InChI=1S/C22H28N2O3/c1-4-22-7-5-6-12-15(23)8-14-13-9-17(26-2)18(27-3)10-16(13)24(19(25)11-22)21(14)20(12)22/h9-10,12,15,20H,4-8,11,23H2,1-3H3/t12-,15+,20-,22+/m0/s1. The second kappa shape index (κ2) is 5.74. The number of carbonyl (C=O) groups excluding carboxylic acids is 1. The zero-order valence-corrected chi connectivity index (χ0v) is 16.4. The average Bonchev–Trinajstić information content (AvgIpc) is 3.00. The van der Waals surface area contributed by atoms with E-state index >= 15 is 0 Å². The summed E-state index contributed by atoms with van der Waals surface area (Å²) in [6, 6.07) is 4.16. The molecule has 0 bridgehead atoms. The molecule has 1 fully saturated rings. The fourth-order valence-electron chi connectivity index (χ4n) is 6.42. The number of fused-ring (bicyclic) bond motifs is 3. The molecule has 144 valence electrons. The molecule has 4 atom stereocenters. The van der Waals surface area contributed by atoms with Gasteiger partial charge in [0, 0.05) is 35.5 Å². The van der Waals surface area contributed by atoms with E-state index in [2.05, 4.69) is 6.92 Å². The summed E-state index contributed by atoms with van der Waals surface area (Å²) in [5.74, 6) is 2.46. The van der Waals surface area contributed by atoms with Crippen LogP contribution in [0.5, 0.6) is 11.5 Å². The molecule has 5 nitrogen and oxygen atoms in total. The lowest BCUT2D eigenvalue weighted by Crippen LogP contribution is -2.52. The number of methoxy groups -OCH3 is 2. The molecule has 0 radical (unpaired) electrons. The van der Waals surface area contributed by atoms with Gasteiger partial charge in [0.1, 0.15) is 0 Å². The number of nitrogens with two attached hydrogens (primary N) is 1. The van der Waals surface area contributed by atoms with Gasteiger partial charge in [-0.3, -0.25) is 9.36 Å². The normalized spacial score (nSPS) is 31.7. The van der Waals surface area contributed by atoms with Gasteiger partial charge in [0.2, 0.25) is 5.91 Å². The van der Waals surface area contributed by atoms with Crippen molar-refractivity contribution in [2.24, 2.45) is 17.1 Å². The second-order valence-corrected chi connectivity index (χ2v) is 8.61. The maximum atomic E-state index is 13.4. The van der Waals surface area contributed by atoms with Gasteiger partial charge in [-0.05, 0) is 48.6 Å². The number of benzene rings is 1. The van der Waals surface area contributed by atoms with E-state index in [9.17, 15) is 4.79 Å². The minimum Gasteiger partial charge on any atom is -0.493 e. The lowest BCUT2D eigenvalue weighted by atomic mass is 9.52. The number of aromatic nitrogens is 1.